The number of nitrogens with zero attached hydrogens (tertiary/aromatic N) is 2. The SMILES string of the molecule is Nc1c(-c2nc3ccccc3[nH]c2=O)[nH]c2ccc(CN3CCOCC3)cc12. The third-order valence-electron chi connectivity index (χ3n) is 5.25. The lowest BCUT2D eigenvalue weighted by Gasteiger charge is -2.26. The number of hydrogen-bond acceptors (Lipinski definition) is 5. The molecule has 0 radical (unpaired) electrons. The van der Waals surface area contributed by atoms with E-state index in [0.717, 1.165) is 49.3 Å². The first-order chi connectivity index (χ1) is 13.7. The highest BCUT2D eigenvalue weighted by Gasteiger charge is 2.17. The second-order valence-electron chi connectivity index (χ2n) is 7.11. The summed E-state index contributed by atoms with van der Waals surface area (Å²) in [6.45, 7) is 4.27. The quantitative estimate of drug-likeness (QED) is 0.511. The molecule has 0 unspecified atom stereocenters. The van der Waals surface area contributed by atoms with Crippen molar-refractivity contribution in [3.8, 4) is 11.4 Å². The number of anilines is 1. The molecule has 7 nitrogen and oxygen atoms in total. The second kappa shape index (κ2) is 6.78. The third kappa shape index (κ3) is 2.94. The number of fused-ring (bicyclic) bond motifs is 2. The lowest BCUT2D eigenvalue weighted by molar-refractivity contribution is 0.0342. The molecule has 0 spiro atoms. The van der Waals surface area contributed by atoms with Gasteiger partial charge in [0.05, 0.1) is 35.6 Å². The summed E-state index contributed by atoms with van der Waals surface area (Å²) < 4.78 is 5.41. The van der Waals surface area contributed by atoms with Crippen molar-refractivity contribution in [2.24, 2.45) is 0 Å². The van der Waals surface area contributed by atoms with Crippen molar-refractivity contribution >= 4 is 27.6 Å². The maximum Gasteiger partial charge on any atom is 0.276 e. The predicted molar refractivity (Wildman–Crippen MR) is 110 cm³/mol. The van der Waals surface area contributed by atoms with Gasteiger partial charge in [-0.1, -0.05) is 18.2 Å². The van der Waals surface area contributed by atoms with Gasteiger partial charge < -0.3 is 20.4 Å². The van der Waals surface area contributed by atoms with Crippen molar-refractivity contribution in [1.82, 2.24) is 19.9 Å². The van der Waals surface area contributed by atoms with Crippen LogP contribution in [-0.4, -0.2) is 46.2 Å². The van der Waals surface area contributed by atoms with E-state index in [4.69, 9.17) is 10.5 Å². The van der Waals surface area contributed by atoms with Gasteiger partial charge in [-0.05, 0) is 29.8 Å². The topological polar surface area (TPSA) is 100 Å². The first kappa shape index (κ1) is 17.0. The fraction of sp³-hybridized carbons (Fsp3) is 0.238. The molecule has 1 aliphatic rings. The highest BCUT2D eigenvalue weighted by atomic mass is 16.5. The maximum absolute atomic E-state index is 12.6. The Balaban J connectivity index is 1.56. The fourth-order valence-electron chi connectivity index (χ4n) is 3.76. The first-order valence-corrected chi connectivity index (χ1v) is 9.38. The number of nitrogens with two attached hydrogens (primary N) is 1. The first-order valence-electron chi connectivity index (χ1n) is 9.38. The van der Waals surface area contributed by atoms with Crippen molar-refractivity contribution in [2.75, 3.05) is 32.0 Å². The number of nitrogen functional groups attached to an aromatic ring is 1. The van der Waals surface area contributed by atoms with Crippen LogP contribution in [0.1, 0.15) is 5.56 Å². The van der Waals surface area contributed by atoms with Crippen LogP contribution in [0.3, 0.4) is 0 Å². The Kier molecular flexibility index (Phi) is 4.11. The summed E-state index contributed by atoms with van der Waals surface area (Å²) in [7, 11) is 0. The van der Waals surface area contributed by atoms with Gasteiger partial charge in [-0.3, -0.25) is 9.69 Å². The van der Waals surface area contributed by atoms with Crippen LogP contribution in [0.2, 0.25) is 0 Å². The molecule has 1 fully saturated rings. The van der Waals surface area contributed by atoms with Crippen LogP contribution in [0.15, 0.2) is 47.3 Å². The van der Waals surface area contributed by atoms with Crippen LogP contribution in [0.5, 0.6) is 0 Å². The molecule has 4 N–H and O–H groups in total. The zero-order chi connectivity index (χ0) is 19.1. The summed E-state index contributed by atoms with van der Waals surface area (Å²) in [5.41, 5.74) is 11.1. The molecule has 1 aliphatic heterocycles. The summed E-state index contributed by atoms with van der Waals surface area (Å²) in [5.74, 6) is 0. The summed E-state index contributed by atoms with van der Waals surface area (Å²) in [4.78, 5) is 25.6. The largest absolute Gasteiger partial charge is 0.396 e. The van der Waals surface area contributed by atoms with Crippen LogP contribution in [-0.2, 0) is 11.3 Å². The number of aromatic nitrogens is 3. The van der Waals surface area contributed by atoms with Crippen LogP contribution < -0.4 is 11.3 Å². The minimum atomic E-state index is -0.259. The summed E-state index contributed by atoms with van der Waals surface area (Å²) in [5, 5.41) is 0.912. The summed E-state index contributed by atoms with van der Waals surface area (Å²) in [6.07, 6.45) is 0. The molecule has 142 valence electrons. The van der Waals surface area contributed by atoms with E-state index in [1.165, 1.54) is 5.56 Å². The normalized spacial score (nSPS) is 15.4. The van der Waals surface area contributed by atoms with Gasteiger partial charge in [0.25, 0.3) is 5.56 Å². The van der Waals surface area contributed by atoms with Gasteiger partial charge in [-0.25, -0.2) is 4.98 Å². The Morgan fingerprint density at radius 1 is 1.07 bits per heavy atom. The Labute approximate surface area is 161 Å². The minimum Gasteiger partial charge on any atom is -0.396 e. The molecular formula is C21H21N5O2. The number of H-pyrrole nitrogens is 2. The van der Waals surface area contributed by atoms with Gasteiger partial charge in [0.15, 0.2) is 5.69 Å². The number of hydrogen-bond donors (Lipinski definition) is 3. The molecule has 4 aromatic rings. The average Bonchev–Trinajstić information content (AvgIpc) is 3.04. The van der Waals surface area contributed by atoms with Crippen molar-refractivity contribution in [1.29, 1.82) is 0 Å². The predicted octanol–water partition coefficient (Wildman–Crippen LogP) is 2.49. The van der Waals surface area contributed by atoms with Crippen molar-refractivity contribution in [3.05, 3.63) is 58.4 Å². The van der Waals surface area contributed by atoms with Crippen LogP contribution in [0, 0.1) is 0 Å². The monoisotopic (exact) mass is 375 g/mol. The Morgan fingerprint density at radius 3 is 2.75 bits per heavy atom. The van der Waals surface area contributed by atoms with Gasteiger partial charge in [0.2, 0.25) is 0 Å². The van der Waals surface area contributed by atoms with Gasteiger partial charge in [-0.15, -0.1) is 0 Å². The molecule has 0 bridgehead atoms. The van der Waals surface area contributed by atoms with Gasteiger partial charge in [0, 0.05) is 30.5 Å². The smallest absolute Gasteiger partial charge is 0.276 e. The molecule has 1 saturated heterocycles. The Hall–Kier alpha value is -3.16. The van der Waals surface area contributed by atoms with Crippen LogP contribution >= 0.6 is 0 Å². The molecule has 0 aliphatic carbocycles. The Morgan fingerprint density at radius 2 is 1.89 bits per heavy atom. The molecule has 2 aromatic heterocycles. The minimum absolute atomic E-state index is 0.259. The standard InChI is InChI=1S/C21H21N5O2/c22-18-14-11-13(12-26-7-9-28-10-8-26)5-6-15(14)23-19(18)20-21(27)25-17-4-2-1-3-16(17)24-20/h1-6,11,23H,7-10,12,22H2,(H,25,27). The van der Waals surface area contributed by atoms with E-state index < -0.39 is 0 Å². The zero-order valence-corrected chi connectivity index (χ0v) is 15.4. The molecule has 2 aromatic carbocycles. The van der Waals surface area contributed by atoms with E-state index in [1.807, 2.05) is 30.3 Å². The number of aromatic amines is 2. The highest BCUT2D eigenvalue weighted by molar-refractivity contribution is 6.00. The van der Waals surface area contributed by atoms with E-state index in [0.29, 0.717) is 22.6 Å². The lowest BCUT2D eigenvalue weighted by atomic mass is 10.1. The van der Waals surface area contributed by atoms with Crippen LogP contribution in [0.25, 0.3) is 33.3 Å². The summed E-state index contributed by atoms with van der Waals surface area (Å²) in [6, 6.07) is 13.7. The average molecular weight is 375 g/mol. The molecule has 3 heterocycles. The molecule has 0 amide bonds. The van der Waals surface area contributed by atoms with Crippen molar-refractivity contribution in [3.63, 3.8) is 0 Å². The van der Waals surface area contributed by atoms with Gasteiger partial charge >= 0.3 is 0 Å². The number of morpholine rings is 1. The fourth-order valence-corrected chi connectivity index (χ4v) is 3.76. The number of nitrogens with one attached hydrogen (secondary N) is 2. The number of rotatable bonds is 3. The van der Waals surface area contributed by atoms with Gasteiger partial charge in [0.1, 0.15) is 0 Å². The lowest BCUT2D eigenvalue weighted by Crippen LogP contribution is -2.35. The zero-order valence-electron chi connectivity index (χ0n) is 15.4. The van der Waals surface area contributed by atoms with E-state index in [-0.39, 0.29) is 5.56 Å². The second-order valence-corrected chi connectivity index (χ2v) is 7.11. The van der Waals surface area contributed by atoms with E-state index in [9.17, 15) is 4.79 Å². The number of para-hydroxylation sites is 2. The van der Waals surface area contributed by atoms with E-state index in [1.54, 1.807) is 0 Å². The molecule has 7 heteroatoms. The van der Waals surface area contributed by atoms with Crippen molar-refractivity contribution < 1.29 is 4.74 Å². The number of ether oxygens (including phenoxy) is 1. The Bertz CT molecular complexity index is 1220. The third-order valence-corrected chi connectivity index (χ3v) is 5.25. The van der Waals surface area contributed by atoms with Gasteiger partial charge in [-0.2, -0.15) is 0 Å². The van der Waals surface area contributed by atoms with Crippen molar-refractivity contribution in [2.45, 2.75) is 6.54 Å². The van der Waals surface area contributed by atoms with Crippen LogP contribution in [0.4, 0.5) is 5.69 Å². The molecular weight excluding hydrogens is 354 g/mol. The number of benzene rings is 2. The summed E-state index contributed by atoms with van der Waals surface area (Å²) >= 11 is 0. The van der Waals surface area contributed by atoms with E-state index >= 15 is 0 Å². The molecule has 5 rings (SSSR count). The molecule has 0 saturated carbocycles. The highest BCUT2D eigenvalue weighted by Crippen LogP contribution is 2.31. The maximum atomic E-state index is 12.6. The van der Waals surface area contributed by atoms with E-state index in [2.05, 4.69) is 32.0 Å². The molecule has 28 heavy (non-hydrogen) atoms. The molecule has 0 atom stereocenters.